The van der Waals surface area contributed by atoms with Crippen LogP contribution in [-0.4, -0.2) is 53.0 Å². The minimum atomic E-state index is -3.73. The highest BCUT2D eigenvalue weighted by Gasteiger charge is 2.47. The first kappa shape index (κ1) is 22.8. The number of benzene rings is 2. The number of fused-ring (bicyclic) bond motifs is 1. The molecule has 0 aliphatic carbocycles. The van der Waals surface area contributed by atoms with Crippen LogP contribution in [0.15, 0.2) is 63.1 Å². The van der Waals surface area contributed by atoms with Gasteiger partial charge in [-0.3, -0.25) is 4.79 Å². The fraction of sp³-hybridized carbons (Fsp3) is 0.391. The molecule has 3 aromatic rings. The summed E-state index contributed by atoms with van der Waals surface area (Å²) in [5, 5.41) is 0.427. The molecular formula is C23H27N3O4S2. The number of thioether (sulfide) groups is 1. The first-order valence-corrected chi connectivity index (χ1v) is 13.0. The van der Waals surface area contributed by atoms with Crippen molar-refractivity contribution >= 4 is 38.8 Å². The van der Waals surface area contributed by atoms with Gasteiger partial charge in [0.15, 0.2) is 5.58 Å². The number of carbonyl (C=O) groups excluding carboxylic acids is 1. The van der Waals surface area contributed by atoms with Crippen molar-refractivity contribution in [3.05, 3.63) is 54.1 Å². The zero-order valence-electron chi connectivity index (χ0n) is 18.6. The zero-order valence-corrected chi connectivity index (χ0v) is 20.2. The van der Waals surface area contributed by atoms with Crippen LogP contribution < -0.4 is 0 Å². The third kappa shape index (κ3) is 4.29. The molecule has 170 valence electrons. The molecule has 1 aliphatic heterocycles. The fourth-order valence-electron chi connectivity index (χ4n) is 4.10. The summed E-state index contributed by atoms with van der Waals surface area (Å²) in [6.45, 7) is 7.95. The molecule has 1 aliphatic rings. The molecule has 0 saturated carbocycles. The molecule has 4 rings (SSSR count). The Labute approximate surface area is 192 Å². The van der Waals surface area contributed by atoms with Crippen LogP contribution in [0, 0.1) is 12.8 Å². The van der Waals surface area contributed by atoms with Crippen LogP contribution in [-0.2, 0) is 14.8 Å². The van der Waals surface area contributed by atoms with Gasteiger partial charge in [0.05, 0.1) is 10.6 Å². The van der Waals surface area contributed by atoms with E-state index in [0.717, 1.165) is 11.1 Å². The molecule has 1 fully saturated rings. The molecule has 2 atom stereocenters. The lowest BCUT2D eigenvalue weighted by atomic mass is 10.1. The topological polar surface area (TPSA) is 83.7 Å². The summed E-state index contributed by atoms with van der Waals surface area (Å²) in [5.74, 6) is -0.0813. The average molecular weight is 474 g/mol. The summed E-state index contributed by atoms with van der Waals surface area (Å²) in [4.78, 5) is 19.6. The smallest absolute Gasteiger partial charge is 0.257 e. The standard InChI is InChI=1S/C23H27N3O4S2/c1-15(2)22-25(32(28,29)18-11-9-16(3)10-12-18)13-17(4)26(22)21(27)14-31-23-24-19-7-5-6-8-20(19)30-23/h5-12,15,17,22H,13-14H2,1-4H3/t17-,22+/m0/s1. The summed E-state index contributed by atoms with van der Waals surface area (Å²) in [6.07, 6.45) is -0.548. The fourth-order valence-corrected chi connectivity index (χ4v) is 6.60. The highest BCUT2D eigenvalue weighted by Crippen LogP contribution is 2.33. The molecule has 1 amide bonds. The van der Waals surface area contributed by atoms with Crippen molar-refractivity contribution in [1.82, 2.24) is 14.2 Å². The summed E-state index contributed by atoms with van der Waals surface area (Å²) in [5.41, 5.74) is 2.41. The van der Waals surface area contributed by atoms with Gasteiger partial charge in [-0.1, -0.05) is 55.4 Å². The maximum Gasteiger partial charge on any atom is 0.257 e. The van der Waals surface area contributed by atoms with Gasteiger partial charge in [-0.2, -0.15) is 4.31 Å². The molecular weight excluding hydrogens is 446 g/mol. The van der Waals surface area contributed by atoms with Gasteiger partial charge in [-0.25, -0.2) is 13.4 Å². The Bertz CT molecular complexity index is 1190. The van der Waals surface area contributed by atoms with Crippen molar-refractivity contribution in [2.24, 2.45) is 5.92 Å². The number of carbonyl (C=O) groups is 1. The monoisotopic (exact) mass is 473 g/mol. The quantitative estimate of drug-likeness (QED) is 0.501. The maximum atomic E-state index is 13.4. The molecule has 7 nitrogen and oxygen atoms in total. The molecule has 0 radical (unpaired) electrons. The van der Waals surface area contributed by atoms with Gasteiger partial charge in [0.25, 0.3) is 5.22 Å². The van der Waals surface area contributed by atoms with Crippen molar-refractivity contribution in [3.63, 3.8) is 0 Å². The summed E-state index contributed by atoms with van der Waals surface area (Å²) < 4.78 is 34.0. The molecule has 2 heterocycles. The van der Waals surface area contributed by atoms with E-state index in [4.69, 9.17) is 4.42 Å². The Hall–Kier alpha value is -2.36. The minimum Gasteiger partial charge on any atom is -0.431 e. The van der Waals surface area contributed by atoms with E-state index in [0.29, 0.717) is 10.8 Å². The number of aromatic nitrogens is 1. The summed E-state index contributed by atoms with van der Waals surface area (Å²) in [6, 6.07) is 14.0. The second-order valence-corrected chi connectivity index (χ2v) is 11.2. The molecule has 0 N–H and O–H groups in total. The van der Waals surface area contributed by atoms with Gasteiger partial charge in [0, 0.05) is 12.6 Å². The summed E-state index contributed by atoms with van der Waals surface area (Å²) in [7, 11) is -3.73. The molecule has 0 unspecified atom stereocenters. The molecule has 32 heavy (non-hydrogen) atoms. The number of sulfonamides is 1. The molecule has 9 heteroatoms. The Morgan fingerprint density at radius 3 is 2.53 bits per heavy atom. The molecule has 1 aromatic heterocycles. The zero-order chi connectivity index (χ0) is 23.0. The lowest BCUT2D eigenvalue weighted by molar-refractivity contribution is -0.132. The molecule has 0 spiro atoms. The Morgan fingerprint density at radius 1 is 1.19 bits per heavy atom. The molecule has 2 aromatic carbocycles. The Balaban J connectivity index is 1.54. The van der Waals surface area contributed by atoms with Crippen molar-refractivity contribution in [1.29, 1.82) is 0 Å². The normalized spacial score (nSPS) is 19.8. The van der Waals surface area contributed by atoms with Gasteiger partial charge >= 0.3 is 0 Å². The predicted octanol–water partition coefficient (Wildman–Crippen LogP) is 4.13. The number of aryl methyl sites for hydroxylation is 1. The van der Waals surface area contributed by atoms with Gasteiger partial charge in [-0.15, -0.1) is 0 Å². The third-order valence-electron chi connectivity index (χ3n) is 5.60. The first-order valence-electron chi connectivity index (χ1n) is 10.6. The van der Waals surface area contributed by atoms with E-state index in [1.165, 1.54) is 16.1 Å². The minimum absolute atomic E-state index is 0.0709. The highest BCUT2D eigenvalue weighted by atomic mass is 32.2. The largest absolute Gasteiger partial charge is 0.431 e. The number of nitrogens with zero attached hydrogens (tertiary/aromatic N) is 3. The Morgan fingerprint density at radius 2 is 1.88 bits per heavy atom. The van der Waals surface area contributed by atoms with E-state index < -0.39 is 16.2 Å². The van der Waals surface area contributed by atoms with E-state index in [1.807, 2.05) is 52.0 Å². The molecule has 0 bridgehead atoms. The first-order chi connectivity index (χ1) is 15.2. The van der Waals surface area contributed by atoms with Crippen LogP contribution in [0.4, 0.5) is 0 Å². The van der Waals surface area contributed by atoms with Gasteiger partial charge in [-0.05, 0) is 44.0 Å². The van der Waals surface area contributed by atoms with Crippen LogP contribution in [0.3, 0.4) is 0 Å². The lowest BCUT2D eigenvalue weighted by Crippen LogP contribution is -2.49. The lowest BCUT2D eigenvalue weighted by Gasteiger charge is -2.33. The van der Waals surface area contributed by atoms with Crippen molar-refractivity contribution in [2.45, 2.75) is 50.0 Å². The van der Waals surface area contributed by atoms with Crippen molar-refractivity contribution < 1.29 is 17.6 Å². The SMILES string of the molecule is Cc1ccc(S(=O)(=O)N2C[C@H](C)N(C(=O)CSc3nc4ccccc4o3)[C@@H]2C(C)C)cc1. The second-order valence-electron chi connectivity index (χ2n) is 8.43. The Kier molecular flexibility index (Phi) is 6.33. The van der Waals surface area contributed by atoms with Crippen molar-refractivity contribution in [3.8, 4) is 0 Å². The van der Waals surface area contributed by atoms with Crippen molar-refractivity contribution in [2.75, 3.05) is 12.3 Å². The van der Waals surface area contributed by atoms with E-state index in [1.54, 1.807) is 29.2 Å². The maximum absolute atomic E-state index is 13.4. The second kappa shape index (κ2) is 8.88. The number of para-hydroxylation sites is 2. The number of amides is 1. The van der Waals surface area contributed by atoms with Gasteiger partial charge in [0.2, 0.25) is 15.9 Å². The number of rotatable bonds is 6. The molecule has 1 saturated heterocycles. The van der Waals surface area contributed by atoms with Gasteiger partial charge < -0.3 is 9.32 Å². The van der Waals surface area contributed by atoms with Gasteiger partial charge in [0.1, 0.15) is 11.7 Å². The van der Waals surface area contributed by atoms with Crippen LogP contribution in [0.5, 0.6) is 0 Å². The number of hydrogen-bond donors (Lipinski definition) is 0. The summed E-state index contributed by atoms with van der Waals surface area (Å²) >= 11 is 1.23. The number of hydrogen-bond acceptors (Lipinski definition) is 6. The van der Waals surface area contributed by atoms with Crippen LogP contribution in [0.2, 0.25) is 0 Å². The third-order valence-corrected chi connectivity index (χ3v) is 8.27. The van der Waals surface area contributed by atoms with E-state index in [9.17, 15) is 13.2 Å². The van der Waals surface area contributed by atoms with Crippen LogP contribution in [0.25, 0.3) is 11.1 Å². The average Bonchev–Trinajstić information content (AvgIpc) is 3.33. The van der Waals surface area contributed by atoms with E-state index in [2.05, 4.69) is 4.98 Å². The van der Waals surface area contributed by atoms with E-state index in [-0.39, 0.29) is 35.1 Å². The van der Waals surface area contributed by atoms with Crippen LogP contribution in [0.1, 0.15) is 26.3 Å². The number of oxazole rings is 1. The predicted molar refractivity (Wildman–Crippen MR) is 125 cm³/mol. The van der Waals surface area contributed by atoms with Crippen LogP contribution >= 0.6 is 11.8 Å². The highest BCUT2D eigenvalue weighted by molar-refractivity contribution is 7.99. The van der Waals surface area contributed by atoms with E-state index >= 15 is 0 Å².